The average molecular weight is 304 g/mol. The first-order chi connectivity index (χ1) is 10.4. The number of ketones is 1. The van der Waals surface area contributed by atoms with Crippen molar-refractivity contribution < 1.29 is 14.6 Å². The number of aliphatic hydroxyl groups is 1. The monoisotopic (exact) mass is 304 g/mol. The standard InChI is InChI=1S/C19H28O3/c1-18-6-5-12-11(13(18)8-14(20)17(18)21)4-3-10-7-15-16(22-15)9-19(10,12)2/h10-16,20H,3-9H2,1-2H3/t10?,11-,12-,13+,14?,15?,16?,18+,19+/m1/s1. The minimum atomic E-state index is -0.693. The van der Waals surface area contributed by atoms with Gasteiger partial charge in [0.1, 0.15) is 6.10 Å². The molecule has 4 aliphatic carbocycles. The number of Topliss-reactive ketones (excluding diaryl/α,β-unsaturated/α-hetero) is 1. The zero-order valence-electron chi connectivity index (χ0n) is 13.8. The number of rotatable bonds is 0. The lowest BCUT2D eigenvalue weighted by atomic mass is 9.45. The molecule has 4 saturated carbocycles. The fourth-order valence-electron chi connectivity index (χ4n) is 7.31. The molecule has 4 unspecified atom stereocenters. The van der Waals surface area contributed by atoms with Crippen molar-refractivity contribution in [3.8, 4) is 0 Å². The molecule has 5 fully saturated rings. The maximum absolute atomic E-state index is 12.5. The minimum absolute atomic E-state index is 0.137. The van der Waals surface area contributed by atoms with E-state index >= 15 is 0 Å². The third kappa shape index (κ3) is 1.57. The lowest BCUT2D eigenvalue weighted by Gasteiger charge is -2.58. The first-order valence-electron chi connectivity index (χ1n) is 9.31. The summed E-state index contributed by atoms with van der Waals surface area (Å²) >= 11 is 0. The van der Waals surface area contributed by atoms with E-state index in [-0.39, 0.29) is 11.2 Å². The van der Waals surface area contributed by atoms with Crippen LogP contribution in [0.25, 0.3) is 0 Å². The van der Waals surface area contributed by atoms with Crippen molar-refractivity contribution in [2.75, 3.05) is 0 Å². The Kier molecular flexibility index (Phi) is 2.64. The van der Waals surface area contributed by atoms with Crippen LogP contribution < -0.4 is 0 Å². The number of carbonyl (C=O) groups excluding carboxylic acids is 1. The van der Waals surface area contributed by atoms with Crippen molar-refractivity contribution in [2.24, 2.45) is 34.5 Å². The molecular weight excluding hydrogens is 276 g/mol. The van der Waals surface area contributed by atoms with Crippen molar-refractivity contribution in [1.29, 1.82) is 0 Å². The molecule has 0 aromatic rings. The van der Waals surface area contributed by atoms with Crippen LogP contribution in [0.3, 0.4) is 0 Å². The molecule has 9 atom stereocenters. The summed E-state index contributed by atoms with van der Waals surface area (Å²) in [5, 5.41) is 10.2. The Hall–Kier alpha value is -0.410. The van der Waals surface area contributed by atoms with Crippen molar-refractivity contribution >= 4 is 5.78 Å². The average Bonchev–Trinajstić information content (AvgIpc) is 3.18. The smallest absolute Gasteiger partial charge is 0.167 e. The largest absolute Gasteiger partial charge is 0.385 e. The predicted molar refractivity (Wildman–Crippen MR) is 82.2 cm³/mol. The summed E-state index contributed by atoms with van der Waals surface area (Å²) in [6.45, 7) is 4.66. The quantitative estimate of drug-likeness (QED) is 0.700. The summed E-state index contributed by atoms with van der Waals surface area (Å²) in [6.07, 6.45) is 8.39. The Morgan fingerprint density at radius 3 is 2.73 bits per heavy atom. The molecule has 0 amide bonds. The van der Waals surface area contributed by atoms with Crippen LogP contribution in [0.15, 0.2) is 0 Å². The zero-order chi connectivity index (χ0) is 15.3. The highest BCUT2D eigenvalue weighted by Crippen LogP contribution is 2.67. The van der Waals surface area contributed by atoms with E-state index in [9.17, 15) is 9.90 Å². The molecule has 5 rings (SSSR count). The lowest BCUT2D eigenvalue weighted by molar-refractivity contribution is -0.141. The van der Waals surface area contributed by atoms with Gasteiger partial charge in [-0.2, -0.15) is 0 Å². The van der Waals surface area contributed by atoms with Gasteiger partial charge >= 0.3 is 0 Å². The molecule has 1 aliphatic heterocycles. The van der Waals surface area contributed by atoms with Crippen LogP contribution >= 0.6 is 0 Å². The summed E-state index contributed by atoms with van der Waals surface area (Å²) < 4.78 is 5.86. The van der Waals surface area contributed by atoms with E-state index in [1.54, 1.807) is 0 Å². The summed E-state index contributed by atoms with van der Waals surface area (Å²) in [6, 6.07) is 0. The van der Waals surface area contributed by atoms with Gasteiger partial charge in [-0.05, 0) is 74.0 Å². The SMILES string of the molecule is C[C@]12CC3OC3CC1CC[C@@H]1[C@H]2CC[C@]2(C)C(=O)C(O)C[C@@H]12. The number of fused-ring (bicyclic) bond motifs is 6. The number of epoxide rings is 1. The van der Waals surface area contributed by atoms with E-state index in [1.807, 2.05) is 0 Å². The van der Waals surface area contributed by atoms with E-state index in [2.05, 4.69) is 13.8 Å². The Morgan fingerprint density at radius 1 is 1.09 bits per heavy atom. The molecule has 5 aliphatic rings. The molecule has 0 aromatic heterocycles. The van der Waals surface area contributed by atoms with Gasteiger partial charge in [0.15, 0.2) is 5.78 Å². The van der Waals surface area contributed by atoms with Crippen LogP contribution in [-0.2, 0) is 9.53 Å². The minimum Gasteiger partial charge on any atom is -0.385 e. The molecule has 1 N–H and O–H groups in total. The number of hydrogen-bond acceptors (Lipinski definition) is 3. The van der Waals surface area contributed by atoms with Crippen LogP contribution in [0.4, 0.5) is 0 Å². The van der Waals surface area contributed by atoms with Crippen LogP contribution in [0.1, 0.15) is 58.8 Å². The fraction of sp³-hybridized carbons (Fsp3) is 0.947. The topological polar surface area (TPSA) is 49.8 Å². The second-order valence-electron chi connectivity index (χ2n) is 9.38. The van der Waals surface area contributed by atoms with E-state index < -0.39 is 6.10 Å². The highest BCUT2D eigenvalue weighted by Gasteiger charge is 2.64. The van der Waals surface area contributed by atoms with Crippen LogP contribution in [0, 0.1) is 34.5 Å². The van der Waals surface area contributed by atoms with Crippen molar-refractivity contribution in [3.63, 3.8) is 0 Å². The Bertz CT molecular complexity index is 531. The van der Waals surface area contributed by atoms with E-state index in [1.165, 1.54) is 32.1 Å². The Morgan fingerprint density at radius 2 is 1.91 bits per heavy atom. The molecule has 22 heavy (non-hydrogen) atoms. The fourth-order valence-corrected chi connectivity index (χ4v) is 7.31. The van der Waals surface area contributed by atoms with Gasteiger partial charge in [-0.3, -0.25) is 4.79 Å². The summed E-state index contributed by atoms with van der Waals surface area (Å²) in [4.78, 5) is 12.5. The van der Waals surface area contributed by atoms with Crippen LogP contribution in [0.2, 0.25) is 0 Å². The molecule has 3 nitrogen and oxygen atoms in total. The second-order valence-corrected chi connectivity index (χ2v) is 9.38. The van der Waals surface area contributed by atoms with Crippen molar-refractivity contribution in [1.82, 2.24) is 0 Å². The molecule has 1 heterocycles. The van der Waals surface area contributed by atoms with Gasteiger partial charge in [0, 0.05) is 5.41 Å². The van der Waals surface area contributed by atoms with Crippen LogP contribution in [0.5, 0.6) is 0 Å². The number of ether oxygens (including phenoxy) is 1. The molecular formula is C19H28O3. The molecule has 0 spiro atoms. The molecule has 0 aromatic carbocycles. The molecule has 1 saturated heterocycles. The normalized spacial score (nSPS) is 62.7. The number of hydrogen-bond donors (Lipinski definition) is 1. The van der Waals surface area contributed by atoms with Gasteiger partial charge < -0.3 is 9.84 Å². The van der Waals surface area contributed by atoms with Gasteiger partial charge in [0.25, 0.3) is 0 Å². The van der Waals surface area contributed by atoms with Gasteiger partial charge in [0.05, 0.1) is 12.2 Å². The summed E-state index contributed by atoms with van der Waals surface area (Å²) in [7, 11) is 0. The summed E-state index contributed by atoms with van der Waals surface area (Å²) in [5.41, 5.74) is 0.176. The maximum atomic E-state index is 12.5. The first kappa shape index (κ1) is 14.0. The maximum Gasteiger partial charge on any atom is 0.167 e. The van der Waals surface area contributed by atoms with Crippen LogP contribution in [-0.4, -0.2) is 29.2 Å². The third-order valence-corrected chi connectivity index (χ3v) is 8.64. The van der Waals surface area contributed by atoms with Crippen molar-refractivity contribution in [2.45, 2.75) is 77.1 Å². The Balaban J connectivity index is 1.49. The molecule has 0 radical (unpaired) electrons. The van der Waals surface area contributed by atoms with Gasteiger partial charge in [-0.15, -0.1) is 0 Å². The van der Waals surface area contributed by atoms with E-state index in [0.717, 1.165) is 24.7 Å². The van der Waals surface area contributed by atoms with Gasteiger partial charge in [-0.1, -0.05) is 13.8 Å². The van der Waals surface area contributed by atoms with Gasteiger partial charge in [-0.25, -0.2) is 0 Å². The molecule has 122 valence electrons. The van der Waals surface area contributed by atoms with E-state index in [4.69, 9.17) is 4.74 Å². The van der Waals surface area contributed by atoms with Crippen molar-refractivity contribution in [3.05, 3.63) is 0 Å². The third-order valence-electron chi connectivity index (χ3n) is 8.64. The second kappa shape index (κ2) is 4.16. The summed E-state index contributed by atoms with van der Waals surface area (Å²) in [5.74, 6) is 2.77. The molecule has 3 heteroatoms. The lowest BCUT2D eigenvalue weighted by Crippen LogP contribution is -2.53. The van der Waals surface area contributed by atoms with E-state index in [0.29, 0.717) is 29.5 Å². The molecule has 0 bridgehead atoms. The zero-order valence-corrected chi connectivity index (χ0v) is 13.8. The number of aliphatic hydroxyl groups excluding tert-OH is 1. The predicted octanol–water partition coefficient (Wildman–Crippen LogP) is 2.95. The number of carbonyl (C=O) groups is 1. The first-order valence-corrected chi connectivity index (χ1v) is 9.31. The Labute approximate surface area is 132 Å². The highest BCUT2D eigenvalue weighted by atomic mass is 16.6. The van der Waals surface area contributed by atoms with Gasteiger partial charge in [0.2, 0.25) is 0 Å². The highest BCUT2D eigenvalue weighted by molar-refractivity contribution is 5.91.